The zero-order valence-electron chi connectivity index (χ0n) is 12.8. The van der Waals surface area contributed by atoms with E-state index >= 15 is 0 Å². The molecular weight excluding hydrogens is 312 g/mol. The largest absolute Gasteiger partial charge is 0.465 e. The minimum Gasteiger partial charge on any atom is -0.465 e. The number of hydrogen-bond donors (Lipinski definition) is 2. The van der Waals surface area contributed by atoms with Crippen molar-refractivity contribution in [1.82, 2.24) is 5.32 Å². The third-order valence-corrected chi connectivity index (χ3v) is 3.25. The highest BCUT2D eigenvalue weighted by Crippen LogP contribution is 2.10. The molecule has 0 saturated carbocycles. The van der Waals surface area contributed by atoms with Gasteiger partial charge in [-0.05, 0) is 55.0 Å². The van der Waals surface area contributed by atoms with Crippen molar-refractivity contribution in [3.8, 4) is 0 Å². The molecule has 23 heavy (non-hydrogen) atoms. The van der Waals surface area contributed by atoms with Crippen LogP contribution in [-0.4, -0.2) is 24.1 Å². The molecule has 0 aliphatic heterocycles. The SMILES string of the molecule is COC(=O)c1cccc(C(=O)NC(=S)Nc2cccc(C)c2)c1. The van der Waals surface area contributed by atoms with Gasteiger partial charge in [0.25, 0.3) is 5.91 Å². The van der Waals surface area contributed by atoms with Crippen LogP contribution in [0.3, 0.4) is 0 Å². The summed E-state index contributed by atoms with van der Waals surface area (Å²) in [6, 6.07) is 13.9. The van der Waals surface area contributed by atoms with E-state index in [4.69, 9.17) is 12.2 Å². The first-order valence-electron chi connectivity index (χ1n) is 6.87. The van der Waals surface area contributed by atoms with Crippen LogP contribution < -0.4 is 10.6 Å². The predicted octanol–water partition coefficient (Wildman–Crippen LogP) is 2.91. The average Bonchev–Trinajstić information content (AvgIpc) is 2.54. The number of carbonyl (C=O) groups is 2. The van der Waals surface area contributed by atoms with Crippen molar-refractivity contribution >= 4 is 34.9 Å². The second-order valence-corrected chi connectivity index (χ2v) is 5.26. The van der Waals surface area contributed by atoms with Crippen LogP contribution in [0, 0.1) is 6.92 Å². The van der Waals surface area contributed by atoms with Crippen LogP contribution in [0.4, 0.5) is 5.69 Å². The molecule has 0 aliphatic carbocycles. The molecule has 6 heteroatoms. The van der Waals surface area contributed by atoms with Crippen molar-refractivity contribution < 1.29 is 14.3 Å². The van der Waals surface area contributed by atoms with Crippen LogP contribution in [0.15, 0.2) is 48.5 Å². The van der Waals surface area contributed by atoms with Gasteiger partial charge in [-0.15, -0.1) is 0 Å². The fraction of sp³-hybridized carbons (Fsp3) is 0.118. The molecule has 1 amide bonds. The normalized spacial score (nSPS) is 9.83. The van der Waals surface area contributed by atoms with Gasteiger partial charge in [0.1, 0.15) is 0 Å². The second-order valence-electron chi connectivity index (χ2n) is 4.85. The summed E-state index contributed by atoms with van der Waals surface area (Å²) < 4.78 is 4.63. The van der Waals surface area contributed by atoms with Gasteiger partial charge in [-0.1, -0.05) is 18.2 Å². The minimum absolute atomic E-state index is 0.184. The second kappa shape index (κ2) is 7.51. The molecule has 0 atom stereocenters. The molecule has 0 unspecified atom stereocenters. The van der Waals surface area contributed by atoms with Gasteiger partial charge < -0.3 is 10.1 Å². The Balaban J connectivity index is 2.04. The molecule has 2 N–H and O–H groups in total. The topological polar surface area (TPSA) is 67.4 Å². The Bertz CT molecular complexity index is 759. The molecule has 0 saturated heterocycles. The highest BCUT2D eigenvalue weighted by molar-refractivity contribution is 7.80. The number of methoxy groups -OCH3 is 1. The van der Waals surface area contributed by atoms with Gasteiger partial charge in [-0.3, -0.25) is 10.1 Å². The first kappa shape index (κ1) is 16.6. The summed E-state index contributed by atoms with van der Waals surface area (Å²) in [6.07, 6.45) is 0. The van der Waals surface area contributed by atoms with Crippen LogP contribution in [0.1, 0.15) is 26.3 Å². The Morgan fingerprint density at radius 2 is 1.74 bits per heavy atom. The summed E-state index contributed by atoms with van der Waals surface area (Å²) in [6.45, 7) is 1.96. The number of ether oxygens (including phenoxy) is 1. The van der Waals surface area contributed by atoms with Crippen molar-refractivity contribution in [2.45, 2.75) is 6.92 Å². The van der Waals surface area contributed by atoms with Crippen molar-refractivity contribution in [3.63, 3.8) is 0 Å². The smallest absolute Gasteiger partial charge is 0.337 e. The first-order valence-corrected chi connectivity index (χ1v) is 7.28. The lowest BCUT2D eigenvalue weighted by molar-refractivity contribution is 0.0600. The number of amides is 1. The fourth-order valence-corrected chi connectivity index (χ4v) is 2.18. The Kier molecular flexibility index (Phi) is 5.43. The van der Waals surface area contributed by atoms with Gasteiger partial charge in [-0.2, -0.15) is 0 Å². The Morgan fingerprint density at radius 1 is 1.04 bits per heavy atom. The van der Waals surface area contributed by atoms with Crippen molar-refractivity contribution in [1.29, 1.82) is 0 Å². The number of anilines is 1. The van der Waals surface area contributed by atoms with Gasteiger partial charge in [0.05, 0.1) is 12.7 Å². The molecule has 0 aliphatic rings. The predicted molar refractivity (Wildman–Crippen MR) is 92.6 cm³/mol. The molecule has 5 nitrogen and oxygen atoms in total. The van der Waals surface area contributed by atoms with Gasteiger partial charge in [0.2, 0.25) is 0 Å². The maximum absolute atomic E-state index is 12.2. The maximum atomic E-state index is 12.2. The average molecular weight is 328 g/mol. The van der Waals surface area contributed by atoms with Gasteiger partial charge in [-0.25, -0.2) is 4.79 Å². The third kappa shape index (κ3) is 4.62. The molecule has 0 heterocycles. The summed E-state index contributed by atoms with van der Waals surface area (Å²) >= 11 is 5.13. The van der Waals surface area contributed by atoms with E-state index in [-0.39, 0.29) is 5.11 Å². The number of rotatable bonds is 3. The van der Waals surface area contributed by atoms with E-state index in [0.717, 1.165) is 11.3 Å². The molecule has 0 aromatic heterocycles. The highest BCUT2D eigenvalue weighted by atomic mass is 32.1. The van der Waals surface area contributed by atoms with E-state index in [1.54, 1.807) is 18.2 Å². The molecular formula is C17H16N2O3S. The van der Waals surface area contributed by atoms with Crippen molar-refractivity contribution in [2.75, 3.05) is 12.4 Å². The molecule has 0 spiro atoms. The maximum Gasteiger partial charge on any atom is 0.337 e. The van der Waals surface area contributed by atoms with E-state index < -0.39 is 11.9 Å². The number of thiocarbonyl (C=S) groups is 1. The van der Waals surface area contributed by atoms with Crippen LogP contribution >= 0.6 is 12.2 Å². The van der Waals surface area contributed by atoms with E-state index in [9.17, 15) is 9.59 Å². The monoisotopic (exact) mass is 328 g/mol. The van der Waals surface area contributed by atoms with E-state index in [0.29, 0.717) is 11.1 Å². The zero-order chi connectivity index (χ0) is 16.8. The number of aryl methyl sites for hydroxylation is 1. The molecule has 0 fully saturated rings. The first-order chi connectivity index (χ1) is 11.0. The van der Waals surface area contributed by atoms with Gasteiger partial charge in [0.15, 0.2) is 5.11 Å². The summed E-state index contributed by atoms with van der Waals surface area (Å²) in [5, 5.41) is 5.70. The molecule has 0 radical (unpaired) electrons. The number of hydrogen-bond acceptors (Lipinski definition) is 4. The fourth-order valence-electron chi connectivity index (χ4n) is 1.97. The minimum atomic E-state index is -0.500. The van der Waals surface area contributed by atoms with Gasteiger partial charge >= 0.3 is 5.97 Å². The van der Waals surface area contributed by atoms with Gasteiger partial charge in [0, 0.05) is 11.3 Å². The van der Waals surface area contributed by atoms with Crippen LogP contribution in [0.5, 0.6) is 0 Å². The van der Waals surface area contributed by atoms with Crippen LogP contribution in [0.2, 0.25) is 0 Å². The van der Waals surface area contributed by atoms with E-state index in [2.05, 4.69) is 15.4 Å². The number of esters is 1. The Hall–Kier alpha value is -2.73. The van der Waals surface area contributed by atoms with E-state index in [1.807, 2.05) is 31.2 Å². The molecule has 2 aromatic carbocycles. The van der Waals surface area contributed by atoms with Crippen molar-refractivity contribution in [2.24, 2.45) is 0 Å². The summed E-state index contributed by atoms with van der Waals surface area (Å²) in [7, 11) is 1.29. The quantitative estimate of drug-likeness (QED) is 0.670. The van der Waals surface area contributed by atoms with E-state index in [1.165, 1.54) is 13.2 Å². The van der Waals surface area contributed by atoms with Crippen molar-refractivity contribution in [3.05, 3.63) is 65.2 Å². The zero-order valence-corrected chi connectivity index (χ0v) is 13.6. The Labute approximate surface area is 139 Å². The lowest BCUT2D eigenvalue weighted by Crippen LogP contribution is -2.34. The summed E-state index contributed by atoms with van der Waals surface area (Å²) in [5.74, 6) is -0.902. The molecule has 2 aromatic rings. The number of benzene rings is 2. The highest BCUT2D eigenvalue weighted by Gasteiger charge is 2.11. The summed E-state index contributed by atoms with van der Waals surface area (Å²) in [5.41, 5.74) is 2.49. The van der Waals surface area contributed by atoms with Crippen LogP contribution in [-0.2, 0) is 4.74 Å². The lowest BCUT2D eigenvalue weighted by Gasteiger charge is -2.10. The molecule has 2 rings (SSSR count). The Morgan fingerprint density at radius 3 is 2.43 bits per heavy atom. The standard InChI is InChI=1S/C17H16N2O3S/c1-11-5-3-8-14(9-11)18-17(23)19-15(20)12-6-4-7-13(10-12)16(21)22-2/h3-10H,1-2H3,(H2,18,19,20,23). The number of carbonyl (C=O) groups excluding carboxylic acids is 2. The van der Waals surface area contributed by atoms with Crippen LogP contribution in [0.25, 0.3) is 0 Å². The lowest BCUT2D eigenvalue weighted by atomic mass is 10.1. The molecule has 0 bridgehead atoms. The molecule has 118 valence electrons. The summed E-state index contributed by atoms with van der Waals surface area (Å²) in [4.78, 5) is 23.7. The third-order valence-electron chi connectivity index (χ3n) is 3.05. The number of nitrogens with one attached hydrogen (secondary N) is 2.